The number of rotatable bonds is 4. The lowest BCUT2D eigenvalue weighted by Crippen LogP contribution is -2.15. The van der Waals surface area contributed by atoms with Gasteiger partial charge in [0.1, 0.15) is 5.75 Å². The minimum absolute atomic E-state index is 0.0317. The molecule has 1 N–H and O–H groups in total. The zero-order chi connectivity index (χ0) is 14.8. The average molecular weight is 274 g/mol. The summed E-state index contributed by atoms with van der Waals surface area (Å²) >= 11 is 0. The van der Waals surface area contributed by atoms with Crippen molar-refractivity contribution in [1.29, 1.82) is 0 Å². The van der Waals surface area contributed by atoms with Crippen LogP contribution >= 0.6 is 0 Å². The van der Waals surface area contributed by atoms with Gasteiger partial charge in [0.05, 0.1) is 26.1 Å². The zero-order valence-corrected chi connectivity index (χ0v) is 12.5. The molecule has 0 fully saturated rings. The third kappa shape index (κ3) is 3.20. The molecule has 1 heterocycles. The number of imidazole rings is 1. The Morgan fingerprint density at radius 2 is 2.10 bits per heavy atom. The highest BCUT2D eigenvalue weighted by Crippen LogP contribution is 2.33. The largest absolute Gasteiger partial charge is 0.496 e. The van der Waals surface area contributed by atoms with Crippen molar-refractivity contribution in [2.75, 3.05) is 7.11 Å². The second-order valence-electron chi connectivity index (χ2n) is 5.98. The Morgan fingerprint density at radius 1 is 1.35 bits per heavy atom. The molecule has 1 atom stereocenters. The van der Waals surface area contributed by atoms with E-state index in [1.807, 2.05) is 29.0 Å². The summed E-state index contributed by atoms with van der Waals surface area (Å²) in [5, 5.41) is 10.4. The third-order valence-corrected chi connectivity index (χ3v) is 3.36. The first-order valence-electron chi connectivity index (χ1n) is 6.74. The molecule has 2 aromatic rings. The highest BCUT2D eigenvalue weighted by atomic mass is 16.5. The van der Waals surface area contributed by atoms with Crippen LogP contribution in [-0.4, -0.2) is 21.8 Å². The van der Waals surface area contributed by atoms with Crippen LogP contribution < -0.4 is 4.74 Å². The summed E-state index contributed by atoms with van der Waals surface area (Å²) in [7, 11) is 1.67. The van der Waals surface area contributed by atoms with Crippen LogP contribution in [0.25, 0.3) is 0 Å². The van der Waals surface area contributed by atoms with Crippen molar-refractivity contribution >= 4 is 0 Å². The highest BCUT2D eigenvalue weighted by molar-refractivity contribution is 5.42. The van der Waals surface area contributed by atoms with Crippen molar-refractivity contribution in [3.63, 3.8) is 0 Å². The van der Waals surface area contributed by atoms with E-state index in [0.717, 1.165) is 16.9 Å². The highest BCUT2D eigenvalue weighted by Gasteiger charge is 2.21. The molecule has 0 aliphatic rings. The van der Waals surface area contributed by atoms with E-state index in [1.165, 1.54) is 0 Å². The maximum atomic E-state index is 10.4. The van der Waals surface area contributed by atoms with Crippen molar-refractivity contribution < 1.29 is 9.84 Å². The van der Waals surface area contributed by atoms with Crippen LogP contribution in [0.3, 0.4) is 0 Å². The van der Waals surface area contributed by atoms with E-state index in [9.17, 15) is 5.11 Å². The lowest BCUT2D eigenvalue weighted by Gasteiger charge is -2.24. The number of hydrogen-bond acceptors (Lipinski definition) is 3. The molecule has 108 valence electrons. The Kier molecular flexibility index (Phi) is 4.14. The van der Waals surface area contributed by atoms with Crippen LogP contribution in [0.1, 0.15) is 38.0 Å². The Morgan fingerprint density at radius 3 is 2.65 bits per heavy atom. The number of benzene rings is 1. The van der Waals surface area contributed by atoms with E-state index in [2.05, 4.69) is 25.8 Å². The molecule has 1 aromatic carbocycles. The fraction of sp³-hybridized carbons (Fsp3) is 0.438. The predicted molar refractivity (Wildman–Crippen MR) is 78.9 cm³/mol. The number of aromatic nitrogens is 2. The molecule has 0 saturated heterocycles. The van der Waals surface area contributed by atoms with Crippen LogP contribution in [0, 0.1) is 0 Å². The number of aliphatic hydroxyl groups is 1. The smallest absolute Gasteiger partial charge is 0.122 e. The molecular formula is C16H22N2O2. The van der Waals surface area contributed by atoms with Gasteiger partial charge in [-0.2, -0.15) is 0 Å². The number of hydrogen-bond donors (Lipinski definition) is 1. The zero-order valence-electron chi connectivity index (χ0n) is 12.5. The summed E-state index contributed by atoms with van der Waals surface area (Å²) in [4.78, 5) is 3.98. The molecule has 0 bridgehead atoms. The molecule has 1 aromatic heterocycles. The van der Waals surface area contributed by atoms with Gasteiger partial charge in [0.15, 0.2) is 0 Å². The van der Waals surface area contributed by atoms with Crippen molar-refractivity contribution in [3.8, 4) is 5.75 Å². The minimum atomic E-state index is -0.559. The molecule has 0 amide bonds. The Labute approximate surface area is 120 Å². The lowest BCUT2D eigenvalue weighted by atomic mass is 9.85. The molecule has 0 saturated carbocycles. The monoisotopic (exact) mass is 274 g/mol. The average Bonchev–Trinajstić information content (AvgIpc) is 2.89. The van der Waals surface area contributed by atoms with Gasteiger partial charge in [-0.1, -0.05) is 26.8 Å². The van der Waals surface area contributed by atoms with Crippen LogP contribution in [0.5, 0.6) is 5.75 Å². The van der Waals surface area contributed by atoms with E-state index in [0.29, 0.717) is 6.54 Å². The second kappa shape index (κ2) is 5.67. The van der Waals surface area contributed by atoms with E-state index < -0.39 is 6.10 Å². The SMILES string of the molecule is COc1ccc(C(O)Cn2ccnc2)cc1C(C)(C)C. The summed E-state index contributed by atoms with van der Waals surface area (Å²) in [6.07, 6.45) is 4.70. The van der Waals surface area contributed by atoms with Crippen molar-refractivity contribution in [1.82, 2.24) is 9.55 Å². The predicted octanol–water partition coefficient (Wildman–Crippen LogP) is 2.92. The Hall–Kier alpha value is -1.81. The van der Waals surface area contributed by atoms with Crippen LogP contribution in [0.2, 0.25) is 0 Å². The molecule has 0 aliphatic heterocycles. The first-order chi connectivity index (χ1) is 9.41. The number of aliphatic hydroxyl groups excluding tert-OH is 1. The van der Waals surface area contributed by atoms with Gasteiger partial charge in [-0.3, -0.25) is 0 Å². The molecule has 2 rings (SSSR count). The second-order valence-corrected chi connectivity index (χ2v) is 5.98. The van der Waals surface area contributed by atoms with Crippen molar-refractivity contribution in [2.24, 2.45) is 0 Å². The molecule has 1 unspecified atom stereocenters. The molecule has 4 heteroatoms. The van der Waals surface area contributed by atoms with Gasteiger partial charge in [-0.25, -0.2) is 4.98 Å². The molecule has 4 nitrogen and oxygen atoms in total. The maximum absolute atomic E-state index is 10.4. The van der Waals surface area contributed by atoms with Crippen LogP contribution in [-0.2, 0) is 12.0 Å². The van der Waals surface area contributed by atoms with E-state index in [4.69, 9.17) is 4.74 Å². The standard InChI is InChI=1S/C16H22N2O2/c1-16(2,3)13-9-12(5-6-15(13)20-4)14(19)10-18-8-7-17-11-18/h5-9,11,14,19H,10H2,1-4H3. The topological polar surface area (TPSA) is 47.3 Å². The summed E-state index contributed by atoms with van der Waals surface area (Å²) in [5.41, 5.74) is 1.96. The minimum Gasteiger partial charge on any atom is -0.496 e. The van der Waals surface area contributed by atoms with Gasteiger partial charge in [0.2, 0.25) is 0 Å². The van der Waals surface area contributed by atoms with Gasteiger partial charge in [-0.15, -0.1) is 0 Å². The Balaban J connectivity index is 2.28. The van der Waals surface area contributed by atoms with Gasteiger partial charge in [-0.05, 0) is 28.7 Å². The Bertz CT molecular complexity index is 556. The summed E-state index contributed by atoms with van der Waals surface area (Å²) in [5.74, 6) is 0.857. The molecular weight excluding hydrogens is 252 g/mol. The molecule has 0 radical (unpaired) electrons. The maximum Gasteiger partial charge on any atom is 0.122 e. The lowest BCUT2D eigenvalue weighted by molar-refractivity contribution is 0.156. The summed E-state index contributed by atoms with van der Waals surface area (Å²) in [6.45, 7) is 6.90. The van der Waals surface area contributed by atoms with E-state index in [1.54, 1.807) is 19.6 Å². The summed E-state index contributed by atoms with van der Waals surface area (Å²) in [6, 6.07) is 5.86. The molecule has 0 aliphatic carbocycles. The van der Waals surface area contributed by atoms with E-state index in [-0.39, 0.29) is 5.41 Å². The first kappa shape index (κ1) is 14.6. The van der Waals surface area contributed by atoms with E-state index >= 15 is 0 Å². The fourth-order valence-electron chi connectivity index (χ4n) is 2.22. The van der Waals surface area contributed by atoms with Crippen LogP contribution in [0.4, 0.5) is 0 Å². The summed E-state index contributed by atoms with van der Waals surface area (Å²) < 4.78 is 7.28. The number of nitrogens with zero attached hydrogens (tertiary/aromatic N) is 2. The van der Waals surface area contributed by atoms with Gasteiger partial charge < -0.3 is 14.4 Å². The van der Waals surface area contributed by atoms with Crippen LogP contribution in [0.15, 0.2) is 36.9 Å². The quantitative estimate of drug-likeness (QED) is 0.932. The van der Waals surface area contributed by atoms with Crippen molar-refractivity contribution in [3.05, 3.63) is 48.0 Å². The molecule has 20 heavy (non-hydrogen) atoms. The first-order valence-corrected chi connectivity index (χ1v) is 6.74. The third-order valence-electron chi connectivity index (χ3n) is 3.36. The van der Waals surface area contributed by atoms with Crippen molar-refractivity contribution in [2.45, 2.75) is 38.8 Å². The van der Waals surface area contributed by atoms with Gasteiger partial charge in [0, 0.05) is 12.4 Å². The van der Waals surface area contributed by atoms with Gasteiger partial charge in [0.25, 0.3) is 0 Å². The van der Waals surface area contributed by atoms with Gasteiger partial charge >= 0.3 is 0 Å². The fourth-order valence-corrected chi connectivity index (χ4v) is 2.22. The number of ether oxygens (including phenoxy) is 1. The molecule has 0 spiro atoms. The number of methoxy groups -OCH3 is 1. The normalized spacial score (nSPS) is 13.2.